The van der Waals surface area contributed by atoms with Crippen LogP contribution < -0.4 is 10.6 Å². The first kappa shape index (κ1) is 14.2. The van der Waals surface area contributed by atoms with Crippen molar-refractivity contribution < 1.29 is 9.59 Å². The van der Waals surface area contributed by atoms with E-state index in [0.717, 1.165) is 12.0 Å². The summed E-state index contributed by atoms with van der Waals surface area (Å²) in [5.74, 6) is -0.383. The van der Waals surface area contributed by atoms with E-state index in [2.05, 4.69) is 10.6 Å². The van der Waals surface area contributed by atoms with Gasteiger partial charge in [-0.25, -0.2) is 0 Å². The molecule has 0 aliphatic rings. The van der Waals surface area contributed by atoms with E-state index in [-0.39, 0.29) is 11.8 Å². The van der Waals surface area contributed by atoms with Crippen LogP contribution in [0.2, 0.25) is 0 Å². The lowest BCUT2D eigenvalue weighted by Gasteiger charge is -2.13. The molecule has 1 aromatic rings. The minimum atomic E-state index is -0.523. The zero-order valence-corrected chi connectivity index (χ0v) is 11.1. The Hall–Kier alpha value is -1.84. The molecule has 0 aliphatic carbocycles. The fraction of sp³-hybridized carbons (Fsp3) is 0.429. The molecule has 2 amide bonds. The van der Waals surface area contributed by atoms with Gasteiger partial charge in [0.2, 0.25) is 5.91 Å². The predicted molar refractivity (Wildman–Crippen MR) is 71.4 cm³/mol. The van der Waals surface area contributed by atoms with Crippen LogP contribution in [0.5, 0.6) is 0 Å². The summed E-state index contributed by atoms with van der Waals surface area (Å²) in [4.78, 5) is 23.5. The van der Waals surface area contributed by atoms with E-state index in [1.807, 2.05) is 26.0 Å². The molecular weight excluding hydrogens is 228 g/mol. The van der Waals surface area contributed by atoms with Gasteiger partial charge in [-0.3, -0.25) is 9.59 Å². The van der Waals surface area contributed by atoms with Gasteiger partial charge in [0, 0.05) is 12.1 Å². The average molecular weight is 248 g/mol. The van der Waals surface area contributed by atoms with Gasteiger partial charge < -0.3 is 10.6 Å². The van der Waals surface area contributed by atoms with Crippen LogP contribution in [-0.4, -0.2) is 24.4 Å². The summed E-state index contributed by atoms with van der Waals surface area (Å²) in [6.45, 7) is 6.25. The van der Waals surface area contributed by atoms with E-state index in [1.165, 1.54) is 0 Å². The summed E-state index contributed by atoms with van der Waals surface area (Å²) in [6, 6.07) is 6.72. The first-order valence-corrected chi connectivity index (χ1v) is 6.19. The van der Waals surface area contributed by atoms with Gasteiger partial charge >= 0.3 is 0 Å². The van der Waals surface area contributed by atoms with Gasteiger partial charge in [-0.1, -0.05) is 24.6 Å². The molecule has 4 nitrogen and oxygen atoms in total. The van der Waals surface area contributed by atoms with Crippen molar-refractivity contribution >= 4 is 11.8 Å². The predicted octanol–water partition coefficient (Wildman–Crippen LogP) is 1.64. The van der Waals surface area contributed by atoms with Crippen molar-refractivity contribution in [2.45, 2.75) is 33.2 Å². The van der Waals surface area contributed by atoms with Crippen molar-refractivity contribution in [1.82, 2.24) is 10.6 Å². The summed E-state index contributed by atoms with van der Waals surface area (Å²) in [5, 5.41) is 5.42. The number of nitrogens with one attached hydrogen (secondary N) is 2. The van der Waals surface area contributed by atoms with Crippen molar-refractivity contribution in [2.24, 2.45) is 0 Å². The van der Waals surface area contributed by atoms with Crippen molar-refractivity contribution in [3.63, 3.8) is 0 Å². The highest BCUT2D eigenvalue weighted by Gasteiger charge is 2.15. The maximum Gasteiger partial charge on any atom is 0.251 e. The number of carbonyl (C=O) groups excluding carboxylic acids is 2. The highest BCUT2D eigenvalue weighted by Crippen LogP contribution is 2.03. The Labute approximate surface area is 108 Å². The Kier molecular flexibility index (Phi) is 5.36. The molecule has 0 aromatic heterocycles. The molecule has 18 heavy (non-hydrogen) atoms. The van der Waals surface area contributed by atoms with Gasteiger partial charge in [0.05, 0.1) is 0 Å². The molecule has 98 valence electrons. The van der Waals surface area contributed by atoms with Crippen LogP contribution in [0.1, 0.15) is 36.2 Å². The SMILES string of the molecule is CCCNC(=O)[C@@H](C)NC(=O)c1ccc(C)cc1. The number of aryl methyl sites for hydroxylation is 1. The van der Waals surface area contributed by atoms with Gasteiger partial charge in [-0.05, 0) is 32.4 Å². The van der Waals surface area contributed by atoms with Crippen LogP contribution in [0.3, 0.4) is 0 Å². The summed E-state index contributed by atoms with van der Waals surface area (Å²) in [7, 11) is 0. The molecule has 0 bridgehead atoms. The minimum absolute atomic E-state index is 0.155. The zero-order valence-electron chi connectivity index (χ0n) is 11.1. The average Bonchev–Trinajstić information content (AvgIpc) is 2.36. The lowest BCUT2D eigenvalue weighted by molar-refractivity contribution is -0.122. The molecule has 0 unspecified atom stereocenters. The normalized spacial score (nSPS) is 11.7. The maximum absolute atomic E-state index is 11.9. The molecule has 0 fully saturated rings. The third kappa shape index (κ3) is 4.20. The minimum Gasteiger partial charge on any atom is -0.354 e. The Morgan fingerprint density at radius 3 is 2.39 bits per heavy atom. The van der Waals surface area contributed by atoms with E-state index in [4.69, 9.17) is 0 Å². The van der Waals surface area contributed by atoms with Crippen LogP contribution >= 0.6 is 0 Å². The van der Waals surface area contributed by atoms with Gasteiger partial charge in [0.25, 0.3) is 5.91 Å². The number of benzene rings is 1. The largest absolute Gasteiger partial charge is 0.354 e. The summed E-state index contributed by atoms with van der Waals surface area (Å²) >= 11 is 0. The van der Waals surface area contributed by atoms with Crippen LogP contribution in [0, 0.1) is 6.92 Å². The molecule has 1 atom stereocenters. The molecule has 0 saturated carbocycles. The summed E-state index contributed by atoms with van der Waals surface area (Å²) in [6.07, 6.45) is 0.879. The Morgan fingerprint density at radius 1 is 1.22 bits per heavy atom. The Balaban J connectivity index is 2.53. The quantitative estimate of drug-likeness (QED) is 0.832. The lowest BCUT2D eigenvalue weighted by Crippen LogP contribution is -2.44. The lowest BCUT2D eigenvalue weighted by atomic mass is 10.1. The third-order valence-electron chi connectivity index (χ3n) is 2.60. The van der Waals surface area contributed by atoms with Gasteiger partial charge in [-0.2, -0.15) is 0 Å². The van der Waals surface area contributed by atoms with E-state index < -0.39 is 6.04 Å². The van der Waals surface area contributed by atoms with Crippen LogP contribution in [0.4, 0.5) is 0 Å². The van der Waals surface area contributed by atoms with Crippen molar-refractivity contribution in [3.8, 4) is 0 Å². The monoisotopic (exact) mass is 248 g/mol. The highest BCUT2D eigenvalue weighted by atomic mass is 16.2. The number of rotatable bonds is 5. The second kappa shape index (κ2) is 6.79. The van der Waals surface area contributed by atoms with Crippen molar-refractivity contribution in [2.75, 3.05) is 6.54 Å². The number of amides is 2. The molecule has 1 aromatic carbocycles. The molecule has 0 heterocycles. The first-order valence-electron chi connectivity index (χ1n) is 6.19. The molecule has 4 heteroatoms. The van der Waals surface area contributed by atoms with Gasteiger partial charge in [-0.15, -0.1) is 0 Å². The molecule has 0 radical (unpaired) electrons. The molecule has 1 rings (SSSR count). The number of carbonyl (C=O) groups is 2. The van der Waals surface area contributed by atoms with Gasteiger partial charge in [0.1, 0.15) is 6.04 Å². The van der Waals surface area contributed by atoms with Crippen molar-refractivity contribution in [3.05, 3.63) is 35.4 Å². The van der Waals surface area contributed by atoms with E-state index in [0.29, 0.717) is 12.1 Å². The Bertz CT molecular complexity index is 412. The van der Waals surface area contributed by atoms with E-state index in [9.17, 15) is 9.59 Å². The standard InChI is InChI=1S/C14H20N2O2/c1-4-9-15-13(17)11(3)16-14(18)12-7-5-10(2)6-8-12/h5-8,11H,4,9H2,1-3H3,(H,15,17)(H,16,18)/t11-/m1/s1. The van der Waals surface area contributed by atoms with Crippen molar-refractivity contribution in [1.29, 1.82) is 0 Å². The second-order valence-electron chi connectivity index (χ2n) is 4.35. The Morgan fingerprint density at radius 2 is 1.83 bits per heavy atom. The highest BCUT2D eigenvalue weighted by molar-refractivity contribution is 5.97. The molecule has 0 aliphatic heterocycles. The number of hydrogen-bond donors (Lipinski definition) is 2. The van der Waals surface area contributed by atoms with Crippen LogP contribution in [-0.2, 0) is 4.79 Å². The first-order chi connectivity index (χ1) is 8.54. The van der Waals surface area contributed by atoms with Crippen LogP contribution in [0.15, 0.2) is 24.3 Å². The van der Waals surface area contributed by atoms with Crippen LogP contribution in [0.25, 0.3) is 0 Å². The van der Waals surface area contributed by atoms with Gasteiger partial charge in [0.15, 0.2) is 0 Å². The fourth-order valence-corrected chi connectivity index (χ4v) is 1.45. The fourth-order valence-electron chi connectivity index (χ4n) is 1.45. The smallest absolute Gasteiger partial charge is 0.251 e. The molecule has 0 spiro atoms. The summed E-state index contributed by atoms with van der Waals surface area (Å²) < 4.78 is 0. The zero-order chi connectivity index (χ0) is 13.5. The van der Waals surface area contributed by atoms with E-state index >= 15 is 0 Å². The second-order valence-corrected chi connectivity index (χ2v) is 4.35. The molecular formula is C14H20N2O2. The topological polar surface area (TPSA) is 58.2 Å². The summed E-state index contributed by atoms with van der Waals surface area (Å²) in [5.41, 5.74) is 1.66. The maximum atomic E-state index is 11.9. The molecule has 2 N–H and O–H groups in total. The van der Waals surface area contributed by atoms with E-state index in [1.54, 1.807) is 19.1 Å². The third-order valence-corrected chi connectivity index (χ3v) is 2.60. The molecule has 0 saturated heterocycles. The number of hydrogen-bond acceptors (Lipinski definition) is 2.